The van der Waals surface area contributed by atoms with E-state index in [9.17, 15) is 9.59 Å². The van der Waals surface area contributed by atoms with E-state index < -0.39 is 0 Å². The third-order valence-electron chi connectivity index (χ3n) is 7.33. The number of carbonyl (C=O) groups is 2. The molecule has 170 valence electrons. The molecule has 1 aromatic heterocycles. The maximum Gasteiger partial charge on any atom is 0.254 e. The molecule has 2 amide bonds. The molecule has 5 nitrogen and oxygen atoms in total. The van der Waals surface area contributed by atoms with Crippen LogP contribution in [-0.4, -0.2) is 40.8 Å². The molecular formula is C28H31N3O2. The summed E-state index contributed by atoms with van der Waals surface area (Å²) >= 11 is 0. The van der Waals surface area contributed by atoms with Gasteiger partial charge in [-0.15, -0.1) is 0 Å². The normalized spacial score (nSPS) is 20.3. The molecule has 3 aromatic rings. The van der Waals surface area contributed by atoms with E-state index in [2.05, 4.69) is 15.2 Å². The van der Waals surface area contributed by atoms with Gasteiger partial charge in [0.05, 0.1) is 0 Å². The van der Waals surface area contributed by atoms with E-state index in [0.29, 0.717) is 29.6 Å². The van der Waals surface area contributed by atoms with Crippen molar-refractivity contribution in [3.8, 4) is 0 Å². The highest BCUT2D eigenvalue weighted by Crippen LogP contribution is 2.36. The maximum atomic E-state index is 13.7. The van der Waals surface area contributed by atoms with E-state index in [0.717, 1.165) is 42.1 Å². The van der Waals surface area contributed by atoms with E-state index in [1.807, 2.05) is 54.7 Å². The summed E-state index contributed by atoms with van der Waals surface area (Å²) in [6.07, 6.45) is 11.5. The molecule has 2 heterocycles. The first-order valence-electron chi connectivity index (χ1n) is 12.2. The Hall–Kier alpha value is -3.21. The van der Waals surface area contributed by atoms with Crippen LogP contribution in [0.1, 0.15) is 64.8 Å². The first-order valence-corrected chi connectivity index (χ1v) is 12.2. The van der Waals surface area contributed by atoms with Crippen LogP contribution < -0.4 is 5.32 Å². The molecule has 1 saturated heterocycles. The zero-order chi connectivity index (χ0) is 22.6. The van der Waals surface area contributed by atoms with Gasteiger partial charge in [-0.1, -0.05) is 43.2 Å². The molecule has 1 aliphatic heterocycles. The fourth-order valence-electron chi connectivity index (χ4n) is 5.68. The van der Waals surface area contributed by atoms with E-state index in [1.54, 1.807) is 6.20 Å². The highest BCUT2D eigenvalue weighted by molar-refractivity contribution is 6.14. The molecule has 1 N–H and O–H groups in total. The number of rotatable bonds is 5. The highest BCUT2D eigenvalue weighted by atomic mass is 16.2. The standard InChI is InChI=1S/C28H31N3O2/c32-27(30-17-15-20-7-5-16-29-19-20)24-13-14-25(23-11-3-2-10-22(23)24)28(33)31-18-6-9-21-8-1-4-12-26(21)31/h2-3,5,7,10-11,13-14,16,19,21,26H,1,4,6,8-9,12,15,17-18H2,(H,30,32)/t21?,26-/m0/s1. The average Bonchev–Trinajstić information content (AvgIpc) is 2.88. The SMILES string of the molecule is O=C(NCCc1cccnc1)c1ccc(C(=O)N2CCCC3CCCC[C@@H]32)c2ccccc12. The summed E-state index contributed by atoms with van der Waals surface area (Å²) in [4.78, 5) is 32.9. The van der Waals surface area contributed by atoms with Crippen molar-refractivity contribution < 1.29 is 9.59 Å². The van der Waals surface area contributed by atoms with Crippen molar-refractivity contribution in [1.82, 2.24) is 15.2 Å². The largest absolute Gasteiger partial charge is 0.352 e. The molecule has 1 unspecified atom stereocenters. The molecule has 1 saturated carbocycles. The van der Waals surface area contributed by atoms with Crippen LogP contribution in [0.5, 0.6) is 0 Å². The second-order valence-corrected chi connectivity index (χ2v) is 9.33. The lowest BCUT2D eigenvalue weighted by Gasteiger charge is -2.44. The molecule has 33 heavy (non-hydrogen) atoms. The molecule has 1 aliphatic carbocycles. The van der Waals surface area contributed by atoms with Gasteiger partial charge in [0.25, 0.3) is 11.8 Å². The summed E-state index contributed by atoms with van der Waals surface area (Å²) in [5.74, 6) is 0.651. The van der Waals surface area contributed by atoms with Gasteiger partial charge in [0.15, 0.2) is 0 Å². The maximum absolute atomic E-state index is 13.7. The lowest BCUT2D eigenvalue weighted by Crippen LogP contribution is -2.49. The smallest absolute Gasteiger partial charge is 0.254 e. The summed E-state index contributed by atoms with van der Waals surface area (Å²) in [6.45, 7) is 1.38. The number of hydrogen-bond acceptors (Lipinski definition) is 3. The van der Waals surface area contributed by atoms with Crippen LogP contribution in [0.4, 0.5) is 0 Å². The number of benzene rings is 2. The van der Waals surface area contributed by atoms with Crippen molar-refractivity contribution in [2.75, 3.05) is 13.1 Å². The van der Waals surface area contributed by atoms with Crippen LogP contribution in [0.2, 0.25) is 0 Å². The van der Waals surface area contributed by atoms with Gasteiger partial charge >= 0.3 is 0 Å². The Balaban J connectivity index is 1.37. The number of nitrogens with one attached hydrogen (secondary N) is 1. The lowest BCUT2D eigenvalue weighted by atomic mass is 9.78. The highest BCUT2D eigenvalue weighted by Gasteiger charge is 2.36. The van der Waals surface area contributed by atoms with Crippen molar-refractivity contribution in [2.45, 2.75) is 51.0 Å². The average molecular weight is 442 g/mol. The van der Waals surface area contributed by atoms with Crippen LogP contribution >= 0.6 is 0 Å². The van der Waals surface area contributed by atoms with Crippen molar-refractivity contribution in [2.24, 2.45) is 5.92 Å². The molecule has 0 bridgehead atoms. The van der Waals surface area contributed by atoms with Crippen molar-refractivity contribution >= 4 is 22.6 Å². The van der Waals surface area contributed by atoms with Crippen LogP contribution in [0, 0.1) is 5.92 Å². The second-order valence-electron chi connectivity index (χ2n) is 9.33. The number of pyridine rings is 1. The third kappa shape index (κ3) is 4.50. The van der Waals surface area contributed by atoms with Crippen LogP contribution in [0.15, 0.2) is 60.9 Å². The summed E-state index contributed by atoms with van der Waals surface area (Å²) in [5.41, 5.74) is 2.41. The molecule has 2 aromatic carbocycles. The molecule has 2 atom stereocenters. The number of carbonyl (C=O) groups excluding carboxylic acids is 2. The molecule has 0 radical (unpaired) electrons. The van der Waals surface area contributed by atoms with Gasteiger partial charge in [0, 0.05) is 42.7 Å². The summed E-state index contributed by atoms with van der Waals surface area (Å²) in [7, 11) is 0. The monoisotopic (exact) mass is 441 g/mol. The van der Waals surface area contributed by atoms with Gasteiger partial charge in [0.1, 0.15) is 0 Å². The molecular weight excluding hydrogens is 410 g/mol. The Morgan fingerprint density at radius 3 is 2.48 bits per heavy atom. The Morgan fingerprint density at radius 1 is 0.909 bits per heavy atom. The number of nitrogens with zero attached hydrogens (tertiary/aromatic N) is 2. The Labute approximate surface area is 195 Å². The van der Waals surface area contributed by atoms with E-state index in [-0.39, 0.29) is 11.8 Å². The third-order valence-corrected chi connectivity index (χ3v) is 7.33. The lowest BCUT2D eigenvalue weighted by molar-refractivity contribution is 0.0392. The molecule has 2 aliphatic rings. The van der Waals surface area contributed by atoms with Gasteiger partial charge in [-0.05, 0) is 72.6 Å². The number of likely N-dealkylation sites (tertiary alicyclic amines) is 1. The first-order chi connectivity index (χ1) is 16.2. The molecule has 5 heteroatoms. The number of piperidine rings is 1. The summed E-state index contributed by atoms with van der Waals surface area (Å²) < 4.78 is 0. The van der Waals surface area contributed by atoms with Crippen molar-refractivity contribution in [1.29, 1.82) is 0 Å². The van der Waals surface area contributed by atoms with Crippen LogP contribution in [0.3, 0.4) is 0 Å². The minimum Gasteiger partial charge on any atom is -0.352 e. The number of fused-ring (bicyclic) bond motifs is 2. The van der Waals surface area contributed by atoms with Crippen molar-refractivity contribution in [3.63, 3.8) is 0 Å². The number of hydrogen-bond donors (Lipinski definition) is 1. The van der Waals surface area contributed by atoms with E-state index in [4.69, 9.17) is 0 Å². The predicted octanol–water partition coefficient (Wildman–Crippen LogP) is 5.00. The predicted molar refractivity (Wildman–Crippen MR) is 130 cm³/mol. The van der Waals surface area contributed by atoms with Gasteiger partial charge in [-0.3, -0.25) is 14.6 Å². The number of aromatic nitrogens is 1. The second kappa shape index (κ2) is 9.74. The van der Waals surface area contributed by atoms with Gasteiger partial charge in [-0.2, -0.15) is 0 Å². The quantitative estimate of drug-likeness (QED) is 0.606. The van der Waals surface area contributed by atoms with Crippen LogP contribution in [-0.2, 0) is 6.42 Å². The Morgan fingerprint density at radius 2 is 1.67 bits per heavy atom. The minimum absolute atomic E-state index is 0.112. The molecule has 0 spiro atoms. The van der Waals surface area contributed by atoms with Gasteiger partial charge in [0.2, 0.25) is 0 Å². The van der Waals surface area contributed by atoms with E-state index >= 15 is 0 Å². The molecule has 2 fully saturated rings. The first kappa shape index (κ1) is 21.6. The minimum atomic E-state index is -0.112. The fourth-order valence-corrected chi connectivity index (χ4v) is 5.68. The fraction of sp³-hybridized carbons (Fsp3) is 0.393. The van der Waals surface area contributed by atoms with Crippen molar-refractivity contribution in [3.05, 3.63) is 77.6 Å². The zero-order valence-electron chi connectivity index (χ0n) is 19.0. The van der Waals surface area contributed by atoms with Gasteiger partial charge in [-0.25, -0.2) is 0 Å². The molecule has 5 rings (SSSR count). The van der Waals surface area contributed by atoms with E-state index in [1.165, 1.54) is 25.7 Å². The van der Waals surface area contributed by atoms with Crippen LogP contribution in [0.25, 0.3) is 10.8 Å². The number of amides is 2. The zero-order valence-corrected chi connectivity index (χ0v) is 19.0. The van der Waals surface area contributed by atoms with Gasteiger partial charge < -0.3 is 10.2 Å². The Bertz CT molecular complexity index is 1140. The topological polar surface area (TPSA) is 62.3 Å². The summed E-state index contributed by atoms with van der Waals surface area (Å²) in [5, 5.41) is 4.72. The summed E-state index contributed by atoms with van der Waals surface area (Å²) in [6, 6.07) is 15.7. The Kier molecular flexibility index (Phi) is 6.38.